The summed E-state index contributed by atoms with van der Waals surface area (Å²) in [7, 11) is 0. The summed E-state index contributed by atoms with van der Waals surface area (Å²) < 4.78 is 0. The fourth-order valence-corrected chi connectivity index (χ4v) is 0.687. The number of aliphatic hydroxyl groups is 5. The zero-order chi connectivity index (χ0) is 10.6. The molecule has 7 heteroatoms. The standard InChI is InChI=1S/C6H13NO6/c7-6(13)5(12)4(11)3(10)2(9)1-8/h1-6,9-13H,7H2/t2-,3+,4-,5-,6?/m0/s1. The molecule has 0 aliphatic rings. The molecule has 0 radical (unpaired) electrons. The van der Waals surface area contributed by atoms with Crippen LogP contribution >= 0.6 is 0 Å². The van der Waals surface area contributed by atoms with Crippen molar-refractivity contribution in [2.75, 3.05) is 0 Å². The lowest BCUT2D eigenvalue weighted by Gasteiger charge is -2.25. The van der Waals surface area contributed by atoms with Crippen LogP contribution in [0.15, 0.2) is 0 Å². The maximum atomic E-state index is 9.95. The van der Waals surface area contributed by atoms with Crippen molar-refractivity contribution in [2.24, 2.45) is 5.73 Å². The molecule has 0 saturated heterocycles. The Hall–Kier alpha value is -0.570. The summed E-state index contributed by atoms with van der Waals surface area (Å²) in [5.74, 6) is 0. The second kappa shape index (κ2) is 5.22. The van der Waals surface area contributed by atoms with Crippen molar-refractivity contribution < 1.29 is 30.3 Å². The first-order chi connectivity index (χ1) is 5.91. The maximum absolute atomic E-state index is 9.95. The molecule has 0 spiro atoms. The Balaban J connectivity index is 4.23. The molecule has 5 atom stereocenters. The van der Waals surface area contributed by atoms with E-state index in [1.807, 2.05) is 0 Å². The molecule has 7 nitrogen and oxygen atoms in total. The van der Waals surface area contributed by atoms with Crippen LogP contribution in [0.2, 0.25) is 0 Å². The Kier molecular flexibility index (Phi) is 4.99. The molecule has 0 saturated carbocycles. The molecule has 7 N–H and O–H groups in total. The van der Waals surface area contributed by atoms with E-state index in [9.17, 15) is 4.79 Å². The van der Waals surface area contributed by atoms with Gasteiger partial charge in [0.1, 0.15) is 30.6 Å². The Morgan fingerprint density at radius 2 is 1.38 bits per heavy atom. The summed E-state index contributed by atoms with van der Waals surface area (Å²) >= 11 is 0. The lowest BCUT2D eigenvalue weighted by atomic mass is 10.0. The molecular formula is C6H13NO6. The van der Waals surface area contributed by atoms with Gasteiger partial charge in [0.05, 0.1) is 0 Å². The summed E-state index contributed by atoms with van der Waals surface area (Å²) in [5, 5.41) is 44.1. The Bertz CT molecular complexity index is 163. The topological polar surface area (TPSA) is 144 Å². The third kappa shape index (κ3) is 3.35. The van der Waals surface area contributed by atoms with Crippen molar-refractivity contribution in [1.82, 2.24) is 0 Å². The summed E-state index contributed by atoms with van der Waals surface area (Å²) in [5.41, 5.74) is 4.78. The third-order valence-corrected chi connectivity index (χ3v) is 1.54. The van der Waals surface area contributed by atoms with Crippen LogP contribution in [0.1, 0.15) is 0 Å². The monoisotopic (exact) mass is 195 g/mol. The number of aliphatic hydroxyl groups excluding tert-OH is 5. The van der Waals surface area contributed by atoms with Gasteiger partial charge in [0.25, 0.3) is 0 Å². The SMILES string of the molecule is NC(O)[C@@H](O)[C@@H](O)[C@H](O)[C@@H](O)C=O. The fraction of sp³-hybridized carbons (Fsp3) is 0.833. The summed E-state index contributed by atoms with van der Waals surface area (Å²) in [6, 6.07) is 0. The van der Waals surface area contributed by atoms with E-state index in [0.717, 1.165) is 0 Å². The molecular weight excluding hydrogens is 182 g/mol. The zero-order valence-electron chi connectivity index (χ0n) is 6.69. The van der Waals surface area contributed by atoms with Crippen LogP contribution < -0.4 is 5.73 Å². The number of aldehydes is 1. The lowest BCUT2D eigenvalue weighted by Crippen LogP contribution is -2.51. The van der Waals surface area contributed by atoms with E-state index in [1.54, 1.807) is 0 Å². The van der Waals surface area contributed by atoms with Gasteiger partial charge in [0.15, 0.2) is 6.29 Å². The maximum Gasteiger partial charge on any atom is 0.151 e. The lowest BCUT2D eigenvalue weighted by molar-refractivity contribution is -0.143. The minimum atomic E-state index is -1.89. The van der Waals surface area contributed by atoms with Gasteiger partial charge in [-0.25, -0.2) is 0 Å². The van der Waals surface area contributed by atoms with Crippen LogP contribution in [0.3, 0.4) is 0 Å². The Morgan fingerprint density at radius 3 is 1.69 bits per heavy atom. The average molecular weight is 195 g/mol. The summed E-state index contributed by atoms with van der Waals surface area (Å²) in [6.45, 7) is 0. The quantitative estimate of drug-likeness (QED) is 0.193. The molecule has 0 aromatic carbocycles. The van der Waals surface area contributed by atoms with Crippen molar-refractivity contribution in [3.05, 3.63) is 0 Å². The number of carbonyl (C=O) groups is 1. The van der Waals surface area contributed by atoms with Crippen LogP contribution in [0.25, 0.3) is 0 Å². The van der Waals surface area contributed by atoms with Crippen LogP contribution in [0, 0.1) is 0 Å². The van der Waals surface area contributed by atoms with Gasteiger partial charge in [-0.3, -0.25) is 0 Å². The van der Waals surface area contributed by atoms with Crippen LogP contribution in [-0.2, 0) is 4.79 Å². The van der Waals surface area contributed by atoms with Crippen LogP contribution in [0.4, 0.5) is 0 Å². The highest BCUT2D eigenvalue weighted by Gasteiger charge is 2.32. The number of nitrogens with two attached hydrogens (primary N) is 1. The summed E-state index contributed by atoms with van der Waals surface area (Å²) in [6.07, 6.45) is -9.20. The normalized spacial score (nSPS) is 22.9. The molecule has 0 aliphatic heterocycles. The van der Waals surface area contributed by atoms with Crippen molar-refractivity contribution in [1.29, 1.82) is 0 Å². The largest absolute Gasteiger partial charge is 0.387 e. The highest BCUT2D eigenvalue weighted by atomic mass is 16.4. The van der Waals surface area contributed by atoms with E-state index >= 15 is 0 Å². The molecule has 0 amide bonds. The molecule has 0 aliphatic carbocycles. The Labute approximate surface area is 74.0 Å². The highest BCUT2D eigenvalue weighted by molar-refractivity contribution is 5.56. The van der Waals surface area contributed by atoms with Crippen molar-refractivity contribution >= 4 is 6.29 Å². The smallest absolute Gasteiger partial charge is 0.151 e. The molecule has 0 heterocycles. The molecule has 0 aromatic rings. The second-order valence-corrected chi connectivity index (χ2v) is 2.59. The predicted octanol–water partition coefficient (Wildman–Crippen LogP) is -4.09. The summed E-state index contributed by atoms with van der Waals surface area (Å²) in [4.78, 5) is 9.95. The van der Waals surface area contributed by atoms with Gasteiger partial charge in [-0.2, -0.15) is 0 Å². The van der Waals surface area contributed by atoms with Gasteiger partial charge >= 0.3 is 0 Å². The van der Waals surface area contributed by atoms with Gasteiger partial charge in [-0.05, 0) is 0 Å². The van der Waals surface area contributed by atoms with E-state index in [2.05, 4.69) is 0 Å². The van der Waals surface area contributed by atoms with Gasteiger partial charge in [0.2, 0.25) is 0 Å². The molecule has 0 aromatic heterocycles. The molecule has 78 valence electrons. The molecule has 0 fully saturated rings. The van der Waals surface area contributed by atoms with E-state index in [-0.39, 0.29) is 6.29 Å². The van der Waals surface area contributed by atoms with Gasteiger partial charge in [0, 0.05) is 0 Å². The van der Waals surface area contributed by atoms with Gasteiger partial charge < -0.3 is 36.1 Å². The molecule has 0 bridgehead atoms. The first-order valence-electron chi connectivity index (χ1n) is 3.53. The molecule has 1 unspecified atom stereocenters. The van der Waals surface area contributed by atoms with Crippen molar-refractivity contribution in [3.8, 4) is 0 Å². The van der Waals surface area contributed by atoms with E-state index in [1.165, 1.54) is 0 Å². The number of hydrogen-bond donors (Lipinski definition) is 6. The van der Waals surface area contributed by atoms with E-state index < -0.39 is 30.6 Å². The van der Waals surface area contributed by atoms with Crippen molar-refractivity contribution in [2.45, 2.75) is 30.6 Å². The van der Waals surface area contributed by atoms with Crippen molar-refractivity contribution in [3.63, 3.8) is 0 Å². The van der Waals surface area contributed by atoms with Gasteiger partial charge in [-0.1, -0.05) is 0 Å². The Morgan fingerprint density at radius 1 is 0.923 bits per heavy atom. The number of hydrogen-bond acceptors (Lipinski definition) is 7. The van der Waals surface area contributed by atoms with Crippen LogP contribution in [-0.4, -0.2) is 62.5 Å². The zero-order valence-corrected chi connectivity index (χ0v) is 6.69. The molecule has 0 rings (SSSR count). The highest BCUT2D eigenvalue weighted by Crippen LogP contribution is 2.05. The first-order valence-corrected chi connectivity index (χ1v) is 3.53. The fourth-order valence-electron chi connectivity index (χ4n) is 0.687. The number of carbonyl (C=O) groups excluding carboxylic acids is 1. The average Bonchev–Trinajstić information content (AvgIpc) is 2.12. The van der Waals surface area contributed by atoms with Crippen LogP contribution in [0.5, 0.6) is 0 Å². The molecule has 13 heavy (non-hydrogen) atoms. The predicted molar refractivity (Wildman–Crippen MR) is 40.3 cm³/mol. The van der Waals surface area contributed by atoms with E-state index in [4.69, 9.17) is 31.3 Å². The number of rotatable bonds is 5. The van der Waals surface area contributed by atoms with E-state index in [0.29, 0.717) is 0 Å². The van der Waals surface area contributed by atoms with Gasteiger partial charge in [-0.15, -0.1) is 0 Å². The minimum Gasteiger partial charge on any atom is -0.387 e. The first kappa shape index (κ1) is 12.4. The minimum absolute atomic E-state index is 0.0104. The second-order valence-electron chi connectivity index (χ2n) is 2.59. The third-order valence-electron chi connectivity index (χ3n) is 1.54.